The van der Waals surface area contributed by atoms with Crippen molar-refractivity contribution < 1.29 is 19.0 Å². The summed E-state index contributed by atoms with van der Waals surface area (Å²) in [6.07, 6.45) is 3.29. The second kappa shape index (κ2) is 15.9. The molecule has 1 fully saturated rings. The Morgan fingerprint density at radius 2 is 2.12 bits per heavy atom. The maximum Gasteiger partial charge on any atom is 0.305 e. The summed E-state index contributed by atoms with van der Waals surface area (Å²) >= 11 is 0. The van der Waals surface area contributed by atoms with E-state index in [-0.39, 0.29) is 36.0 Å². The quantitative estimate of drug-likeness (QED) is 0.162. The second-order valence-electron chi connectivity index (χ2n) is 5.31. The van der Waals surface area contributed by atoms with Crippen LogP contribution in [0.3, 0.4) is 0 Å². The molecule has 2 N–H and O–H groups in total. The third-order valence-corrected chi connectivity index (χ3v) is 3.31. The van der Waals surface area contributed by atoms with Crippen LogP contribution in [-0.2, 0) is 19.0 Å². The molecule has 0 bridgehead atoms. The Hall–Kier alpha value is -0.610. The first-order valence-corrected chi connectivity index (χ1v) is 8.63. The van der Waals surface area contributed by atoms with Crippen LogP contribution in [0.2, 0.25) is 0 Å². The predicted octanol–water partition coefficient (Wildman–Crippen LogP) is 1.70. The molecule has 0 saturated carbocycles. The molecular weight excluding hydrogens is 425 g/mol. The Balaban J connectivity index is 0.00000529. The summed E-state index contributed by atoms with van der Waals surface area (Å²) in [7, 11) is 0. The van der Waals surface area contributed by atoms with Gasteiger partial charge in [-0.1, -0.05) is 0 Å². The highest BCUT2D eigenvalue weighted by Crippen LogP contribution is 2.07. The number of aliphatic imine (C=N–C) groups is 1. The first-order valence-electron chi connectivity index (χ1n) is 8.63. The van der Waals surface area contributed by atoms with Crippen LogP contribution in [0.25, 0.3) is 0 Å². The topological polar surface area (TPSA) is 81.2 Å². The first-order chi connectivity index (χ1) is 11.3. The van der Waals surface area contributed by atoms with Crippen molar-refractivity contribution in [2.45, 2.75) is 45.6 Å². The number of nitrogens with one attached hydrogen (secondary N) is 2. The molecule has 1 heterocycles. The largest absolute Gasteiger partial charge is 0.466 e. The Labute approximate surface area is 162 Å². The summed E-state index contributed by atoms with van der Waals surface area (Å²) in [6.45, 7) is 8.74. The monoisotopic (exact) mass is 457 g/mol. The maximum atomic E-state index is 11.2. The Morgan fingerprint density at radius 1 is 1.29 bits per heavy atom. The van der Waals surface area contributed by atoms with E-state index in [9.17, 15) is 4.79 Å². The normalized spacial score (nSPS) is 17.2. The molecule has 142 valence electrons. The van der Waals surface area contributed by atoms with E-state index in [1.165, 1.54) is 0 Å². The fourth-order valence-electron chi connectivity index (χ4n) is 2.16. The Bertz CT molecular complexity index is 350. The average molecular weight is 457 g/mol. The highest BCUT2D eigenvalue weighted by atomic mass is 127. The molecule has 7 nitrogen and oxygen atoms in total. The van der Waals surface area contributed by atoms with E-state index in [1.807, 2.05) is 13.8 Å². The zero-order valence-corrected chi connectivity index (χ0v) is 17.2. The molecule has 1 aliphatic rings. The second-order valence-corrected chi connectivity index (χ2v) is 5.31. The number of ether oxygens (including phenoxy) is 3. The molecule has 1 unspecified atom stereocenters. The summed E-state index contributed by atoms with van der Waals surface area (Å²) in [5.74, 6) is 0.620. The minimum absolute atomic E-state index is 0. The van der Waals surface area contributed by atoms with Gasteiger partial charge in [-0.05, 0) is 33.1 Å². The van der Waals surface area contributed by atoms with Crippen molar-refractivity contribution in [2.24, 2.45) is 4.99 Å². The lowest BCUT2D eigenvalue weighted by Gasteiger charge is -2.12. The molecule has 0 aromatic rings. The van der Waals surface area contributed by atoms with E-state index >= 15 is 0 Å². The molecule has 1 saturated heterocycles. The van der Waals surface area contributed by atoms with Crippen LogP contribution in [0.4, 0.5) is 0 Å². The van der Waals surface area contributed by atoms with Crippen molar-refractivity contribution in [3.05, 3.63) is 0 Å². The van der Waals surface area contributed by atoms with Crippen molar-refractivity contribution in [1.29, 1.82) is 0 Å². The van der Waals surface area contributed by atoms with Gasteiger partial charge < -0.3 is 24.8 Å². The number of halogens is 1. The highest BCUT2D eigenvalue weighted by Gasteiger charge is 2.15. The molecule has 0 spiro atoms. The Morgan fingerprint density at radius 3 is 2.79 bits per heavy atom. The van der Waals surface area contributed by atoms with E-state index in [1.54, 1.807) is 0 Å². The lowest BCUT2D eigenvalue weighted by molar-refractivity contribution is -0.143. The van der Waals surface area contributed by atoms with Crippen LogP contribution < -0.4 is 10.6 Å². The van der Waals surface area contributed by atoms with Crippen molar-refractivity contribution in [3.63, 3.8) is 0 Å². The van der Waals surface area contributed by atoms with Gasteiger partial charge in [0.15, 0.2) is 5.96 Å². The van der Waals surface area contributed by atoms with Gasteiger partial charge in [-0.15, -0.1) is 24.0 Å². The van der Waals surface area contributed by atoms with Gasteiger partial charge in [0.05, 0.1) is 19.3 Å². The van der Waals surface area contributed by atoms with Gasteiger partial charge in [0.25, 0.3) is 0 Å². The number of esters is 1. The van der Waals surface area contributed by atoms with Gasteiger partial charge in [-0.3, -0.25) is 9.79 Å². The average Bonchev–Trinajstić information content (AvgIpc) is 3.04. The van der Waals surface area contributed by atoms with Crippen molar-refractivity contribution in [2.75, 3.05) is 46.1 Å². The standard InChI is InChI=1S/C16H31N3O4.HI/c1-3-17-16(18-9-5-7-15(20)22-4-2)19-10-6-11-23-14-8-12-21-13-14;/h14H,3-13H2,1-2H3,(H2,17,18,19);1H. The molecule has 8 heteroatoms. The maximum absolute atomic E-state index is 11.2. The summed E-state index contributed by atoms with van der Waals surface area (Å²) in [4.78, 5) is 15.7. The molecule has 1 aliphatic heterocycles. The zero-order valence-electron chi connectivity index (χ0n) is 14.8. The summed E-state index contributed by atoms with van der Waals surface area (Å²) in [5.41, 5.74) is 0. The molecule has 0 radical (unpaired) electrons. The number of carbonyl (C=O) groups is 1. The van der Waals surface area contributed by atoms with Crippen LogP contribution >= 0.6 is 24.0 Å². The molecule has 1 rings (SSSR count). The first kappa shape index (κ1) is 23.4. The zero-order chi connectivity index (χ0) is 16.8. The predicted molar refractivity (Wildman–Crippen MR) is 105 cm³/mol. The molecule has 0 amide bonds. The third-order valence-electron chi connectivity index (χ3n) is 3.31. The number of carbonyl (C=O) groups excluding carboxylic acids is 1. The van der Waals surface area contributed by atoms with Crippen molar-refractivity contribution in [3.8, 4) is 0 Å². The van der Waals surface area contributed by atoms with E-state index in [0.29, 0.717) is 26.0 Å². The Kier molecular flexibility index (Phi) is 15.5. The van der Waals surface area contributed by atoms with Crippen LogP contribution in [0.1, 0.15) is 39.5 Å². The van der Waals surface area contributed by atoms with Crippen LogP contribution in [0.15, 0.2) is 4.99 Å². The minimum Gasteiger partial charge on any atom is -0.466 e. The molecule has 24 heavy (non-hydrogen) atoms. The number of nitrogens with zero attached hydrogens (tertiary/aromatic N) is 1. The van der Waals surface area contributed by atoms with Crippen molar-refractivity contribution in [1.82, 2.24) is 10.6 Å². The molecule has 1 atom stereocenters. The summed E-state index contributed by atoms with van der Waals surface area (Å²) in [5, 5.41) is 6.46. The molecule has 0 aliphatic carbocycles. The molecule has 0 aromatic carbocycles. The smallest absolute Gasteiger partial charge is 0.305 e. The van der Waals surface area contributed by atoms with Gasteiger partial charge in [0.2, 0.25) is 0 Å². The minimum atomic E-state index is -0.159. The molecule has 0 aromatic heterocycles. The molecular formula is C16H32IN3O4. The number of hydrogen-bond acceptors (Lipinski definition) is 5. The van der Waals surface area contributed by atoms with Gasteiger partial charge in [0, 0.05) is 39.3 Å². The van der Waals surface area contributed by atoms with Crippen LogP contribution in [0, 0.1) is 0 Å². The lowest BCUT2D eigenvalue weighted by atomic mass is 10.3. The van der Waals surface area contributed by atoms with E-state index in [4.69, 9.17) is 14.2 Å². The van der Waals surface area contributed by atoms with Crippen molar-refractivity contribution >= 4 is 35.9 Å². The lowest BCUT2D eigenvalue weighted by Crippen LogP contribution is -2.38. The van der Waals surface area contributed by atoms with E-state index in [2.05, 4.69) is 15.6 Å². The summed E-state index contributed by atoms with van der Waals surface area (Å²) in [6, 6.07) is 0. The van der Waals surface area contributed by atoms with Crippen LogP contribution in [0.5, 0.6) is 0 Å². The SMILES string of the molecule is CCNC(=NCCCC(=O)OCC)NCCCOC1CCOC1.I. The van der Waals surface area contributed by atoms with E-state index in [0.717, 1.165) is 51.7 Å². The highest BCUT2D eigenvalue weighted by molar-refractivity contribution is 14.0. The fourth-order valence-corrected chi connectivity index (χ4v) is 2.16. The third kappa shape index (κ3) is 11.9. The number of guanidine groups is 1. The van der Waals surface area contributed by atoms with Gasteiger partial charge in [-0.2, -0.15) is 0 Å². The van der Waals surface area contributed by atoms with Crippen LogP contribution in [-0.4, -0.2) is 64.1 Å². The van der Waals surface area contributed by atoms with Gasteiger partial charge in [-0.25, -0.2) is 0 Å². The number of rotatable bonds is 11. The van der Waals surface area contributed by atoms with E-state index < -0.39 is 0 Å². The van der Waals surface area contributed by atoms with Gasteiger partial charge >= 0.3 is 5.97 Å². The van der Waals surface area contributed by atoms with Gasteiger partial charge in [0.1, 0.15) is 0 Å². The fraction of sp³-hybridized carbons (Fsp3) is 0.875. The summed E-state index contributed by atoms with van der Waals surface area (Å²) < 4.78 is 15.9. The number of hydrogen-bond donors (Lipinski definition) is 2.